The van der Waals surface area contributed by atoms with Crippen molar-refractivity contribution in [3.8, 4) is 0 Å². The highest BCUT2D eigenvalue weighted by Gasteiger charge is 2.05. The number of unbranched alkanes of at least 4 members (excludes halogenated alkanes) is 1. The Morgan fingerprint density at radius 2 is 2.19 bits per heavy atom. The van der Waals surface area contributed by atoms with E-state index in [0.717, 1.165) is 25.1 Å². The van der Waals surface area contributed by atoms with Crippen LogP contribution in [0, 0.1) is 0 Å². The number of aliphatic hydroxyl groups is 1. The molecule has 4 nitrogen and oxygen atoms in total. The quantitative estimate of drug-likeness (QED) is 0.388. The first kappa shape index (κ1) is 12.5. The normalized spacial score (nSPS) is 10.1. The van der Waals surface area contributed by atoms with E-state index in [2.05, 4.69) is 5.32 Å². The summed E-state index contributed by atoms with van der Waals surface area (Å²) < 4.78 is 0. The molecule has 0 aliphatic rings. The average molecular weight is 222 g/mol. The summed E-state index contributed by atoms with van der Waals surface area (Å²) in [7, 11) is 0. The summed E-state index contributed by atoms with van der Waals surface area (Å²) in [6.07, 6.45) is 1.68. The molecule has 4 N–H and O–H groups in total. The van der Waals surface area contributed by atoms with Crippen LogP contribution in [0.15, 0.2) is 18.2 Å². The average Bonchev–Trinajstić information content (AvgIpc) is 2.26. The van der Waals surface area contributed by atoms with Gasteiger partial charge in [0, 0.05) is 30.1 Å². The maximum absolute atomic E-state index is 11.3. The highest BCUT2D eigenvalue weighted by molar-refractivity contribution is 5.99. The molecular formula is C12H18N2O2. The van der Waals surface area contributed by atoms with Crippen LogP contribution in [0.4, 0.5) is 11.4 Å². The number of carbonyl (C=O) groups excluding carboxylic acids is 1. The van der Waals surface area contributed by atoms with Gasteiger partial charge in [0.2, 0.25) is 0 Å². The number of nitrogen functional groups attached to an aromatic ring is 1. The van der Waals surface area contributed by atoms with Gasteiger partial charge < -0.3 is 16.2 Å². The van der Waals surface area contributed by atoms with Crippen LogP contribution in [0.3, 0.4) is 0 Å². The summed E-state index contributed by atoms with van der Waals surface area (Å²) in [5.41, 5.74) is 7.63. The zero-order valence-corrected chi connectivity index (χ0v) is 9.49. The maximum Gasteiger partial charge on any atom is 0.161 e. The SMILES string of the molecule is CC(=O)c1cc(NCCCCO)ccc1N. The van der Waals surface area contributed by atoms with E-state index in [1.807, 2.05) is 6.07 Å². The number of ketones is 1. The Kier molecular flexibility index (Phi) is 4.79. The highest BCUT2D eigenvalue weighted by Crippen LogP contribution is 2.18. The van der Waals surface area contributed by atoms with Crippen molar-refractivity contribution >= 4 is 17.2 Å². The van der Waals surface area contributed by atoms with E-state index in [9.17, 15) is 4.79 Å². The molecule has 0 fully saturated rings. The predicted molar refractivity (Wildman–Crippen MR) is 65.7 cm³/mol. The fourth-order valence-corrected chi connectivity index (χ4v) is 1.44. The van der Waals surface area contributed by atoms with Gasteiger partial charge in [0.25, 0.3) is 0 Å². The number of nitrogens with one attached hydrogen (secondary N) is 1. The van der Waals surface area contributed by atoms with Crippen molar-refractivity contribution in [2.45, 2.75) is 19.8 Å². The minimum Gasteiger partial charge on any atom is -0.398 e. The maximum atomic E-state index is 11.3. The van der Waals surface area contributed by atoms with Gasteiger partial charge in [-0.25, -0.2) is 0 Å². The van der Waals surface area contributed by atoms with Crippen LogP contribution in [0.25, 0.3) is 0 Å². The topological polar surface area (TPSA) is 75.3 Å². The summed E-state index contributed by atoms with van der Waals surface area (Å²) in [5.74, 6) is -0.0310. The zero-order chi connectivity index (χ0) is 12.0. The molecule has 0 bridgehead atoms. The van der Waals surface area contributed by atoms with Gasteiger partial charge in [-0.05, 0) is 38.0 Å². The summed E-state index contributed by atoms with van der Waals surface area (Å²) in [6, 6.07) is 5.34. The van der Waals surface area contributed by atoms with Gasteiger partial charge in [-0.15, -0.1) is 0 Å². The third-order valence-electron chi connectivity index (χ3n) is 2.35. The third kappa shape index (κ3) is 3.55. The van der Waals surface area contributed by atoms with E-state index in [4.69, 9.17) is 10.8 Å². The molecule has 0 aliphatic carbocycles. The van der Waals surface area contributed by atoms with Crippen LogP contribution in [0.1, 0.15) is 30.1 Å². The number of carbonyl (C=O) groups is 1. The molecule has 0 saturated heterocycles. The van der Waals surface area contributed by atoms with Crippen LogP contribution < -0.4 is 11.1 Å². The largest absolute Gasteiger partial charge is 0.398 e. The summed E-state index contributed by atoms with van der Waals surface area (Å²) in [4.78, 5) is 11.3. The van der Waals surface area contributed by atoms with E-state index in [1.54, 1.807) is 12.1 Å². The summed E-state index contributed by atoms with van der Waals surface area (Å²) >= 11 is 0. The van der Waals surface area contributed by atoms with Crippen molar-refractivity contribution in [2.24, 2.45) is 0 Å². The molecule has 0 saturated carbocycles. The Morgan fingerprint density at radius 3 is 2.81 bits per heavy atom. The molecular weight excluding hydrogens is 204 g/mol. The van der Waals surface area contributed by atoms with E-state index in [-0.39, 0.29) is 12.4 Å². The van der Waals surface area contributed by atoms with Crippen molar-refractivity contribution in [1.29, 1.82) is 0 Å². The van der Waals surface area contributed by atoms with Crippen molar-refractivity contribution in [3.05, 3.63) is 23.8 Å². The van der Waals surface area contributed by atoms with Crippen molar-refractivity contribution in [2.75, 3.05) is 24.2 Å². The Labute approximate surface area is 95.5 Å². The van der Waals surface area contributed by atoms with Crippen molar-refractivity contribution in [3.63, 3.8) is 0 Å². The molecule has 0 atom stereocenters. The molecule has 1 aromatic carbocycles. The van der Waals surface area contributed by atoms with Crippen LogP contribution in [0.5, 0.6) is 0 Å². The zero-order valence-electron chi connectivity index (χ0n) is 9.49. The Morgan fingerprint density at radius 1 is 1.44 bits per heavy atom. The lowest BCUT2D eigenvalue weighted by atomic mass is 10.1. The minimum atomic E-state index is -0.0310. The molecule has 0 spiro atoms. The molecule has 0 heterocycles. The highest BCUT2D eigenvalue weighted by atomic mass is 16.2. The van der Waals surface area contributed by atoms with Gasteiger partial charge in [0.1, 0.15) is 0 Å². The molecule has 16 heavy (non-hydrogen) atoms. The van der Waals surface area contributed by atoms with E-state index in [1.165, 1.54) is 6.92 Å². The molecule has 1 rings (SSSR count). The predicted octanol–water partition coefficient (Wildman–Crippen LogP) is 1.66. The molecule has 0 aromatic heterocycles. The fraction of sp³-hybridized carbons (Fsp3) is 0.417. The van der Waals surface area contributed by atoms with Crippen LogP contribution in [0.2, 0.25) is 0 Å². The molecule has 4 heteroatoms. The second-order valence-electron chi connectivity index (χ2n) is 3.72. The van der Waals surface area contributed by atoms with Crippen LogP contribution >= 0.6 is 0 Å². The number of hydrogen-bond acceptors (Lipinski definition) is 4. The molecule has 0 radical (unpaired) electrons. The van der Waals surface area contributed by atoms with Crippen molar-refractivity contribution < 1.29 is 9.90 Å². The Hall–Kier alpha value is -1.55. The first-order valence-corrected chi connectivity index (χ1v) is 5.40. The fourth-order valence-electron chi connectivity index (χ4n) is 1.44. The first-order valence-electron chi connectivity index (χ1n) is 5.40. The molecule has 1 aromatic rings. The molecule has 0 aliphatic heterocycles. The number of hydrogen-bond donors (Lipinski definition) is 3. The number of rotatable bonds is 6. The first-order chi connectivity index (χ1) is 7.65. The molecule has 0 amide bonds. The number of Topliss-reactive ketones (excluding diaryl/α,β-unsaturated/α-hetero) is 1. The minimum absolute atomic E-state index is 0.0310. The van der Waals surface area contributed by atoms with Crippen LogP contribution in [-0.2, 0) is 0 Å². The Bertz CT molecular complexity index is 364. The monoisotopic (exact) mass is 222 g/mol. The van der Waals surface area contributed by atoms with Gasteiger partial charge in [-0.2, -0.15) is 0 Å². The van der Waals surface area contributed by atoms with Crippen LogP contribution in [-0.4, -0.2) is 24.0 Å². The number of anilines is 2. The Balaban J connectivity index is 2.61. The second kappa shape index (κ2) is 6.12. The molecule has 88 valence electrons. The van der Waals surface area contributed by atoms with Crippen molar-refractivity contribution in [1.82, 2.24) is 0 Å². The number of benzene rings is 1. The second-order valence-corrected chi connectivity index (χ2v) is 3.72. The lowest BCUT2D eigenvalue weighted by Gasteiger charge is -2.08. The smallest absolute Gasteiger partial charge is 0.161 e. The summed E-state index contributed by atoms with van der Waals surface area (Å²) in [6.45, 7) is 2.49. The molecule has 0 unspecified atom stereocenters. The van der Waals surface area contributed by atoms with Gasteiger partial charge in [0.05, 0.1) is 0 Å². The van der Waals surface area contributed by atoms with E-state index >= 15 is 0 Å². The van der Waals surface area contributed by atoms with E-state index in [0.29, 0.717) is 11.3 Å². The third-order valence-corrected chi connectivity index (χ3v) is 2.35. The lowest BCUT2D eigenvalue weighted by molar-refractivity contribution is 0.101. The van der Waals surface area contributed by atoms with Gasteiger partial charge in [-0.3, -0.25) is 4.79 Å². The summed E-state index contributed by atoms with van der Waals surface area (Å²) in [5, 5.41) is 11.8. The van der Waals surface area contributed by atoms with E-state index < -0.39 is 0 Å². The van der Waals surface area contributed by atoms with Gasteiger partial charge in [-0.1, -0.05) is 0 Å². The lowest BCUT2D eigenvalue weighted by Crippen LogP contribution is -2.05. The van der Waals surface area contributed by atoms with Gasteiger partial charge in [0.15, 0.2) is 5.78 Å². The standard InChI is InChI=1S/C12H18N2O2/c1-9(16)11-8-10(4-5-12(11)13)14-6-2-3-7-15/h4-5,8,14-15H,2-3,6-7,13H2,1H3. The number of nitrogens with two attached hydrogens (primary N) is 1. The number of aliphatic hydroxyl groups excluding tert-OH is 1. The van der Waals surface area contributed by atoms with Gasteiger partial charge >= 0.3 is 0 Å².